The van der Waals surface area contributed by atoms with Gasteiger partial charge in [0.15, 0.2) is 0 Å². The van der Waals surface area contributed by atoms with Gasteiger partial charge in [0, 0.05) is 23.0 Å². The number of fused-ring (bicyclic) bond motifs is 1. The lowest BCUT2D eigenvalue weighted by Crippen LogP contribution is -2.50. The Morgan fingerprint density at radius 3 is 2.47 bits per heavy atom. The molecular formula is C23H24Cl2N4O. The molecule has 0 fully saturated rings. The topological polar surface area (TPSA) is 41.4 Å². The van der Waals surface area contributed by atoms with Crippen molar-refractivity contribution >= 4 is 34.8 Å². The predicted octanol–water partition coefficient (Wildman–Crippen LogP) is 5.23. The average molecular weight is 443 g/mol. The lowest BCUT2D eigenvalue weighted by molar-refractivity contribution is 0.156. The van der Waals surface area contributed by atoms with E-state index in [1.807, 2.05) is 48.2 Å². The van der Waals surface area contributed by atoms with Gasteiger partial charge in [-0.1, -0.05) is 53.5 Å². The molecule has 0 radical (unpaired) electrons. The number of anilines is 2. The zero-order valence-corrected chi connectivity index (χ0v) is 18.8. The summed E-state index contributed by atoms with van der Waals surface area (Å²) in [6.45, 7) is 7.21. The smallest absolute Gasteiger partial charge is 0.259 e. The summed E-state index contributed by atoms with van der Waals surface area (Å²) in [5.74, 6) is 0.607. The largest absolute Gasteiger partial charge is 0.297 e. The maximum absolute atomic E-state index is 13.5. The van der Waals surface area contributed by atoms with Gasteiger partial charge >= 0.3 is 0 Å². The van der Waals surface area contributed by atoms with Crippen molar-refractivity contribution < 1.29 is 0 Å². The van der Waals surface area contributed by atoms with Gasteiger partial charge in [-0.25, -0.2) is 4.98 Å². The molecule has 4 rings (SSSR count). The summed E-state index contributed by atoms with van der Waals surface area (Å²) in [4.78, 5) is 22.6. The number of aromatic nitrogens is 2. The highest BCUT2D eigenvalue weighted by Crippen LogP contribution is 2.35. The van der Waals surface area contributed by atoms with E-state index in [9.17, 15) is 4.79 Å². The zero-order chi connectivity index (χ0) is 21.4. The quantitative estimate of drug-likeness (QED) is 0.554. The van der Waals surface area contributed by atoms with E-state index in [1.165, 1.54) is 0 Å². The van der Waals surface area contributed by atoms with Crippen LogP contribution in [0.1, 0.15) is 30.7 Å². The molecule has 0 atom stereocenters. The second-order valence-electron chi connectivity index (χ2n) is 7.86. The molecule has 2 heterocycles. The van der Waals surface area contributed by atoms with Crippen LogP contribution in [0.15, 0.2) is 53.3 Å². The van der Waals surface area contributed by atoms with Crippen LogP contribution < -0.4 is 10.5 Å². The van der Waals surface area contributed by atoms with Crippen molar-refractivity contribution in [1.29, 1.82) is 0 Å². The summed E-state index contributed by atoms with van der Waals surface area (Å²) in [6, 6.07) is 15.6. The number of halogens is 2. The Morgan fingerprint density at radius 2 is 1.80 bits per heavy atom. The molecule has 0 bridgehead atoms. The fourth-order valence-corrected chi connectivity index (χ4v) is 4.22. The molecular weight excluding hydrogens is 419 g/mol. The minimum Gasteiger partial charge on any atom is -0.297 e. The van der Waals surface area contributed by atoms with Crippen LogP contribution in [0, 0.1) is 6.92 Å². The predicted molar refractivity (Wildman–Crippen MR) is 123 cm³/mol. The standard InChI is InChI=1S/C23H24Cl2N4O/c1-15(2)27-13-28(21-10-9-18(24)12-20(21)25)23-26-16(3)19(22(30)29(23)14-27)11-17-7-5-4-6-8-17/h4-10,12,15H,11,13-14H2,1-3H3. The monoisotopic (exact) mass is 442 g/mol. The lowest BCUT2D eigenvalue weighted by Gasteiger charge is -2.40. The molecule has 1 aliphatic heterocycles. The highest BCUT2D eigenvalue weighted by atomic mass is 35.5. The van der Waals surface area contributed by atoms with Crippen molar-refractivity contribution in [2.45, 2.75) is 39.9 Å². The molecule has 5 nitrogen and oxygen atoms in total. The van der Waals surface area contributed by atoms with Crippen molar-refractivity contribution in [3.63, 3.8) is 0 Å². The van der Waals surface area contributed by atoms with E-state index >= 15 is 0 Å². The Hall–Kier alpha value is -2.34. The Labute approximate surface area is 186 Å². The summed E-state index contributed by atoms with van der Waals surface area (Å²) >= 11 is 12.6. The van der Waals surface area contributed by atoms with Gasteiger partial charge in [0.2, 0.25) is 5.95 Å². The third-order valence-corrected chi connectivity index (χ3v) is 6.03. The molecule has 0 amide bonds. The van der Waals surface area contributed by atoms with Gasteiger partial charge in [-0.05, 0) is 44.5 Å². The molecule has 0 N–H and O–H groups in total. The van der Waals surface area contributed by atoms with Gasteiger partial charge in [-0.2, -0.15) is 0 Å². The Morgan fingerprint density at radius 1 is 1.07 bits per heavy atom. The molecule has 0 saturated carbocycles. The average Bonchev–Trinajstić information content (AvgIpc) is 2.71. The van der Waals surface area contributed by atoms with Gasteiger partial charge < -0.3 is 0 Å². The van der Waals surface area contributed by atoms with Crippen LogP contribution in [0.5, 0.6) is 0 Å². The summed E-state index contributed by atoms with van der Waals surface area (Å²) < 4.78 is 1.75. The summed E-state index contributed by atoms with van der Waals surface area (Å²) in [5, 5.41) is 1.10. The highest BCUT2D eigenvalue weighted by molar-refractivity contribution is 6.36. The highest BCUT2D eigenvalue weighted by Gasteiger charge is 2.30. The van der Waals surface area contributed by atoms with E-state index < -0.39 is 0 Å². The van der Waals surface area contributed by atoms with Crippen molar-refractivity contribution in [3.8, 4) is 0 Å². The maximum atomic E-state index is 13.5. The minimum absolute atomic E-state index is 0.0122. The van der Waals surface area contributed by atoms with Gasteiger partial charge in [0.05, 0.1) is 29.7 Å². The number of hydrogen-bond donors (Lipinski definition) is 0. The van der Waals surface area contributed by atoms with Crippen LogP contribution >= 0.6 is 23.2 Å². The first kappa shape index (κ1) is 20.9. The number of aryl methyl sites for hydroxylation is 1. The van der Waals surface area contributed by atoms with Gasteiger partial charge in [0.1, 0.15) is 0 Å². The first-order valence-electron chi connectivity index (χ1n) is 9.96. The Balaban J connectivity index is 1.85. The van der Waals surface area contributed by atoms with E-state index in [4.69, 9.17) is 28.2 Å². The van der Waals surface area contributed by atoms with Gasteiger partial charge in [-0.15, -0.1) is 0 Å². The van der Waals surface area contributed by atoms with E-state index in [2.05, 4.69) is 18.7 Å². The molecule has 30 heavy (non-hydrogen) atoms. The van der Waals surface area contributed by atoms with Crippen molar-refractivity contribution in [1.82, 2.24) is 14.5 Å². The van der Waals surface area contributed by atoms with Crippen molar-refractivity contribution in [2.75, 3.05) is 11.6 Å². The molecule has 7 heteroatoms. The zero-order valence-electron chi connectivity index (χ0n) is 17.3. The second-order valence-corrected chi connectivity index (χ2v) is 8.70. The Kier molecular flexibility index (Phi) is 5.87. The van der Waals surface area contributed by atoms with Gasteiger partial charge in [0.25, 0.3) is 5.56 Å². The summed E-state index contributed by atoms with van der Waals surface area (Å²) in [5.41, 5.74) is 3.32. The van der Waals surface area contributed by atoms with Crippen LogP contribution in [0.4, 0.5) is 11.6 Å². The fraction of sp³-hybridized carbons (Fsp3) is 0.304. The van der Waals surface area contributed by atoms with Crippen LogP contribution in [0.2, 0.25) is 10.0 Å². The number of rotatable bonds is 4. The molecule has 0 aliphatic carbocycles. The van der Waals surface area contributed by atoms with E-state index in [1.54, 1.807) is 16.7 Å². The molecule has 1 aromatic heterocycles. The normalized spacial score (nSPS) is 14.3. The fourth-order valence-electron chi connectivity index (χ4n) is 3.71. The molecule has 0 unspecified atom stereocenters. The molecule has 0 spiro atoms. The number of benzene rings is 2. The van der Waals surface area contributed by atoms with E-state index in [0.717, 1.165) is 22.5 Å². The summed E-state index contributed by atoms with van der Waals surface area (Å²) in [7, 11) is 0. The van der Waals surface area contributed by atoms with Crippen molar-refractivity contribution in [2.24, 2.45) is 0 Å². The minimum atomic E-state index is -0.0122. The van der Waals surface area contributed by atoms with Crippen molar-refractivity contribution in [3.05, 3.63) is 85.8 Å². The van der Waals surface area contributed by atoms with Gasteiger partial charge in [-0.3, -0.25) is 19.2 Å². The maximum Gasteiger partial charge on any atom is 0.259 e. The first-order valence-corrected chi connectivity index (χ1v) is 10.7. The summed E-state index contributed by atoms with van der Waals surface area (Å²) in [6.07, 6.45) is 0.558. The van der Waals surface area contributed by atoms with Crippen LogP contribution in [0.3, 0.4) is 0 Å². The molecule has 0 saturated heterocycles. The molecule has 156 valence electrons. The third-order valence-electron chi connectivity index (χ3n) is 5.49. The lowest BCUT2D eigenvalue weighted by atomic mass is 10.1. The SMILES string of the molecule is Cc1nc2n(c(=O)c1Cc1ccccc1)CN(C(C)C)CN2c1ccc(Cl)cc1Cl. The number of hydrogen-bond acceptors (Lipinski definition) is 4. The first-order chi connectivity index (χ1) is 14.3. The Bertz CT molecular complexity index is 1130. The van der Waals surface area contributed by atoms with Crippen LogP contribution in [-0.2, 0) is 13.1 Å². The van der Waals surface area contributed by atoms with E-state index in [0.29, 0.717) is 35.8 Å². The van der Waals surface area contributed by atoms with E-state index in [-0.39, 0.29) is 11.6 Å². The number of nitrogens with zero attached hydrogens (tertiary/aromatic N) is 4. The van der Waals surface area contributed by atoms with Crippen LogP contribution in [0.25, 0.3) is 0 Å². The third kappa shape index (κ3) is 3.97. The molecule has 2 aromatic carbocycles. The molecule has 3 aromatic rings. The second kappa shape index (κ2) is 8.42. The molecule has 1 aliphatic rings. The van der Waals surface area contributed by atoms with Crippen LogP contribution in [-0.4, -0.2) is 27.2 Å².